The Morgan fingerprint density at radius 3 is 2.19 bits per heavy atom. The third-order valence-electron chi connectivity index (χ3n) is 4.04. The molecule has 0 aliphatic rings. The summed E-state index contributed by atoms with van der Waals surface area (Å²) in [6.07, 6.45) is 1.20. The lowest BCUT2D eigenvalue weighted by Gasteiger charge is -2.33. The van der Waals surface area contributed by atoms with Gasteiger partial charge >= 0.3 is 0 Å². The average molecular weight is 378 g/mol. The number of anilines is 1. The monoisotopic (exact) mass is 378 g/mol. The second-order valence-electron chi connectivity index (χ2n) is 6.11. The van der Waals surface area contributed by atoms with Crippen molar-refractivity contribution in [3.63, 3.8) is 0 Å². The van der Waals surface area contributed by atoms with Crippen LogP contribution in [0.25, 0.3) is 0 Å². The summed E-state index contributed by atoms with van der Waals surface area (Å²) < 4.78 is 39.8. The van der Waals surface area contributed by atoms with Gasteiger partial charge in [0.1, 0.15) is 11.9 Å². The van der Waals surface area contributed by atoms with Gasteiger partial charge in [0, 0.05) is 13.6 Å². The SMILES string of the molecule is CCC(C(=O)N(C)Cc1ccccc1)N(c1ccccc1F)S(C)(=O)=O. The number of likely N-dealkylation sites (N-methyl/N-ethyl adjacent to an activating group) is 1. The fraction of sp³-hybridized carbons (Fsp3) is 0.316. The molecule has 0 N–H and O–H groups in total. The van der Waals surface area contributed by atoms with E-state index in [0.717, 1.165) is 16.1 Å². The Labute approximate surface area is 154 Å². The molecule has 1 amide bonds. The van der Waals surface area contributed by atoms with E-state index >= 15 is 0 Å². The van der Waals surface area contributed by atoms with Gasteiger partial charge in [0.05, 0.1) is 11.9 Å². The molecule has 0 spiro atoms. The molecule has 1 atom stereocenters. The van der Waals surface area contributed by atoms with Gasteiger partial charge in [0.2, 0.25) is 15.9 Å². The molecule has 2 aromatic rings. The van der Waals surface area contributed by atoms with Crippen LogP contribution in [0.15, 0.2) is 54.6 Å². The zero-order valence-electron chi connectivity index (χ0n) is 15.1. The van der Waals surface area contributed by atoms with Gasteiger partial charge in [-0.25, -0.2) is 12.8 Å². The highest BCUT2D eigenvalue weighted by Crippen LogP contribution is 2.26. The molecular weight excluding hydrogens is 355 g/mol. The van der Waals surface area contributed by atoms with Gasteiger partial charge in [-0.15, -0.1) is 0 Å². The molecule has 1 unspecified atom stereocenters. The molecule has 2 aromatic carbocycles. The molecule has 2 rings (SSSR count). The molecule has 0 fully saturated rings. The summed E-state index contributed by atoms with van der Waals surface area (Å²) in [6, 6.07) is 13.9. The summed E-state index contributed by atoms with van der Waals surface area (Å²) in [5.41, 5.74) is 0.804. The van der Waals surface area contributed by atoms with E-state index in [1.807, 2.05) is 30.3 Å². The predicted octanol–water partition coefficient (Wildman–Crippen LogP) is 3.03. The first kappa shape index (κ1) is 19.9. The van der Waals surface area contributed by atoms with Gasteiger partial charge in [-0.3, -0.25) is 9.10 Å². The summed E-state index contributed by atoms with van der Waals surface area (Å²) in [7, 11) is -2.25. The lowest BCUT2D eigenvalue weighted by atomic mass is 10.1. The van der Waals surface area contributed by atoms with Crippen LogP contribution in [0.2, 0.25) is 0 Å². The first-order chi connectivity index (χ1) is 12.3. The standard InChI is InChI=1S/C19H23FN2O3S/c1-4-17(19(23)21(2)14-15-10-6-5-7-11-15)22(26(3,24)25)18-13-9-8-12-16(18)20/h5-13,17H,4,14H2,1-3H3. The lowest BCUT2D eigenvalue weighted by molar-refractivity contribution is -0.131. The summed E-state index contributed by atoms with van der Waals surface area (Å²) in [5.74, 6) is -1.07. The molecule has 0 radical (unpaired) electrons. The van der Waals surface area contributed by atoms with Gasteiger partial charge in [-0.2, -0.15) is 0 Å². The van der Waals surface area contributed by atoms with E-state index in [1.54, 1.807) is 20.0 Å². The minimum absolute atomic E-state index is 0.122. The van der Waals surface area contributed by atoms with Crippen LogP contribution in [-0.2, 0) is 21.4 Å². The number of hydrogen-bond donors (Lipinski definition) is 0. The number of rotatable bonds is 7. The van der Waals surface area contributed by atoms with Crippen molar-refractivity contribution in [1.29, 1.82) is 0 Å². The molecule has 5 nitrogen and oxygen atoms in total. The highest BCUT2D eigenvalue weighted by atomic mass is 32.2. The number of halogens is 1. The third kappa shape index (κ3) is 4.60. The van der Waals surface area contributed by atoms with E-state index in [2.05, 4.69) is 0 Å². The smallest absolute Gasteiger partial charge is 0.246 e. The second-order valence-corrected chi connectivity index (χ2v) is 7.97. The molecule has 26 heavy (non-hydrogen) atoms. The largest absolute Gasteiger partial charge is 0.340 e. The van der Waals surface area contributed by atoms with Crippen molar-refractivity contribution in [2.24, 2.45) is 0 Å². The molecule has 0 bridgehead atoms. The Bertz CT molecular complexity index is 856. The number of benzene rings is 2. The molecule has 0 saturated heterocycles. The lowest BCUT2D eigenvalue weighted by Crippen LogP contribution is -2.49. The van der Waals surface area contributed by atoms with Crippen LogP contribution in [0.5, 0.6) is 0 Å². The van der Waals surface area contributed by atoms with Crippen molar-refractivity contribution in [2.45, 2.75) is 25.9 Å². The van der Waals surface area contributed by atoms with Crippen molar-refractivity contribution in [2.75, 3.05) is 17.6 Å². The minimum Gasteiger partial charge on any atom is -0.340 e. The normalized spacial score (nSPS) is 12.5. The Balaban J connectivity index is 2.36. The van der Waals surface area contributed by atoms with Crippen LogP contribution in [-0.4, -0.2) is 38.6 Å². The summed E-state index contributed by atoms with van der Waals surface area (Å²) >= 11 is 0. The maximum atomic E-state index is 14.2. The highest BCUT2D eigenvalue weighted by Gasteiger charge is 2.34. The van der Waals surface area contributed by atoms with Crippen LogP contribution in [0.4, 0.5) is 10.1 Å². The number of carbonyl (C=O) groups excluding carboxylic acids is 1. The number of sulfonamides is 1. The van der Waals surface area contributed by atoms with Gasteiger partial charge in [0.15, 0.2) is 0 Å². The van der Waals surface area contributed by atoms with Crippen molar-refractivity contribution in [3.05, 3.63) is 66.0 Å². The molecule has 0 aliphatic heterocycles. The molecular formula is C19H23FN2O3S. The van der Waals surface area contributed by atoms with Crippen LogP contribution < -0.4 is 4.31 Å². The number of amides is 1. The predicted molar refractivity (Wildman–Crippen MR) is 101 cm³/mol. The fourth-order valence-corrected chi connectivity index (χ4v) is 4.05. The highest BCUT2D eigenvalue weighted by molar-refractivity contribution is 7.92. The first-order valence-electron chi connectivity index (χ1n) is 8.28. The Hall–Kier alpha value is -2.41. The molecule has 140 valence electrons. The van der Waals surface area contributed by atoms with E-state index in [-0.39, 0.29) is 18.0 Å². The molecule has 0 aliphatic carbocycles. The Morgan fingerprint density at radius 2 is 1.65 bits per heavy atom. The first-order valence-corrected chi connectivity index (χ1v) is 10.1. The van der Waals surface area contributed by atoms with Gasteiger partial charge in [0.25, 0.3) is 0 Å². The number of nitrogens with zero attached hydrogens (tertiary/aromatic N) is 2. The molecule has 7 heteroatoms. The van der Waals surface area contributed by atoms with Gasteiger partial charge < -0.3 is 4.90 Å². The van der Waals surface area contributed by atoms with E-state index in [9.17, 15) is 17.6 Å². The summed E-state index contributed by atoms with van der Waals surface area (Å²) in [4.78, 5) is 14.4. The topological polar surface area (TPSA) is 57.7 Å². The second kappa shape index (κ2) is 8.31. The average Bonchev–Trinajstić information content (AvgIpc) is 2.60. The van der Waals surface area contributed by atoms with Gasteiger partial charge in [-0.1, -0.05) is 49.4 Å². The van der Waals surface area contributed by atoms with Gasteiger partial charge in [-0.05, 0) is 24.1 Å². The maximum Gasteiger partial charge on any atom is 0.246 e. The van der Waals surface area contributed by atoms with Crippen LogP contribution in [0.1, 0.15) is 18.9 Å². The van der Waals surface area contributed by atoms with E-state index in [1.165, 1.54) is 23.1 Å². The van der Waals surface area contributed by atoms with Crippen LogP contribution in [0.3, 0.4) is 0 Å². The fourth-order valence-electron chi connectivity index (χ4n) is 2.84. The van der Waals surface area contributed by atoms with E-state index < -0.39 is 21.9 Å². The maximum absolute atomic E-state index is 14.2. The number of hydrogen-bond acceptors (Lipinski definition) is 3. The van der Waals surface area contributed by atoms with Crippen molar-refractivity contribution in [1.82, 2.24) is 4.90 Å². The van der Waals surface area contributed by atoms with Crippen molar-refractivity contribution in [3.8, 4) is 0 Å². The number of para-hydroxylation sites is 1. The zero-order valence-corrected chi connectivity index (χ0v) is 15.9. The van der Waals surface area contributed by atoms with Crippen LogP contribution >= 0.6 is 0 Å². The molecule has 0 heterocycles. The quantitative estimate of drug-likeness (QED) is 0.744. The third-order valence-corrected chi connectivity index (χ3v) is 5.21. The Morgan fingerprint density at radius 1 is 1.08 bits per heavy atom. The Kier molecular flexibility index (Phi) is 6.37. The molecule has 0 saturated carbocycles. The minimum atomic E-state index is -3.86. The zero-order chi connectivity index (χ0) is 19.3. The number of carbonyl (C=O) groups is 1. The summed E-state index contributed by atoms with van der Waals surface area (Å²) in [5, 5.41) is 0. The molecule has 0 aromatic heterocycles. The summed E-state index contributed by atoms with van der Waals surface area (Å²) in [6.45, 7) is 2.04. The van der Waals surface area contributed by atoms with Crippen molar-refractivity contribution < 1.29 is 17.6 Å². The van der Waals surface area contributed by atoms with E-state index in [4.69, 9.17) is 0 Å². The van der Waals surface area contributed by atoms with Crippen LogP contribution in [0, 0.1) is 5.82 Å². The van der Waals surface area contributed by atoms with Crippen molar-refractivity contribution >= 4 is 21.6 Å². The van der Waals surface area contributed by atoms with E-state index in [0.29, 0.717) is 6.54 Å².